The highest BCUT2D eigenvalue weighted by Crippen LogP contribution is 2.42. The molecule has 6 heteroatoms. The maximum absolute atomic E-state index is 14.3. The van der Waals surface area contributed by atoms with Crippen molar-refractivity contribution in [3.05, 3.63) is 95.8 Å². The van der Waals surface area contributed by atoms with Crippen molar-refractivity contribution in [3.8, 4) is 0 Å². The molecule has 1 aliphatic rings. The zero-order valence-corrected chi connectivity index (χ0v) is 17.9. The molecular formula is C25H23FN2O2S. The van der Waals surface area contributed by atoms with Crippen LogP contribution >= 0.6 is 11.8 Å². The van der Waals surface area contributed by atoms with E-state index in [1.807, 2.05) is 54.6 Å². The third-order valence-electron chi connectivity index (χ3n) is 5.38. The van der Waals surface area contributed by atoms with Crippen LogP contribution in [-0.2, 0) is 22.7 Å². The van der Waals surface area contributed by atoms with E-state index in [-0.39, 0.29) is 24.2 Å². The van der Waals surface area contributed by atoms with Gasteiger partial charge >= 0.3 is 0 Å². The molecule has 0 saturated heterocycles. The van der Waals surface area contributed by atoms with Crippen molar-refractivity contribution in [2.24, 2.45) is 5.92 Å². The number of thioether (sulfide) groups is 1. The van der Waals surface area contributed by atoms with Gasteiger partial charge in [0, 0.05) is 17.0 Å². The molecule has 0 spiro atoms. The van der Waals surface area contributed by atoms with E-state index in [1.54, 1.807) is 30.0 Å². The molecule has 1 aliphatic heterocycles. The van der Waals surface area contributed by atoms with Gasteiger partial charge < -0.3 is 10.2 Å². The first-order chi connectivity index (χ1) is 15.0. The van der Waals surface area contributed by atoms with Crippen LogP contribution in [-0.4, -0.2) is 17.1 Å². The predicted octanol–water partition coefficient (Wildman–Crippen LogP) is 4.79. The molecule has 0 unspecified atom stereocenters. The lowest BCUT2D eigenvalue weighted by Crippen LogP contribution is -2.47. The number of halogens is 1. The number of benzene rings is 3. The third-order valence-corrected chi connectivity index (χ3v) is 6.85. The topological polar surface area (TPSA) is 49.4 Å². The van der Waals surface area contributed by atoms with Crippen LogP contribution < -0.4 is 10.2 Å². The lowest BCUT2D eigenvalue weighted by Gasteiger charge is -2.35. The van der Waals surface area contributed by atoms with Crippen LogP contribution in [0.25, 0.3) is 0 Å². The van der Waals surface area contributed by atoms with Crippen molar-refractivity contribution in [3.63, 3.8) is 0 Å². The molecule has 0 fully saturated rings. The Balaban J connectivity index is 1.55. The number of nitrogens with one attached hydrogen (secondary N) is 1. The summed E-state index contributed by atoms with van der Waals surface area (Å²) in [6.45, 7) is 2.30. The molecule has 158 valence electrons. The molecule has 4 nitrogen and oxygen atoms in total. The second kappa shape index (κ2) is 9.35. The molecule has 31 heavy (non-hydrogen) atoms. The van der Waals surface area contributed by atoms with Gasteiger partial charge in [0.25, 0.3) is 0 Å². The Labute approximate surface area is 185 Å². The van der Waals surface area contributed by atoms with Gasteiger partial charge in [0.15, 0.2) is 0 Å². The fraction of sp³-hybridized carbons (Fsp3) is 0.200. The molecule has 2 atom stereocenters. The standard InChI is InChI=1S/C25H23FN2O2S/c1-17(24(29)27-15-18-9-3-2-4-10-18)23-25(30)28(16-19-11-5-6-12-20(19)26)21-13-7-8-14-22(21)31-23/h2-14,17,23H,15-16H2,1H3,(H,27,29)/t17-,23+/m0/s1. The summed E-state index contributed by atoms with van der Waals surface area (Å²) in [5.41, 5.74) is 2.18. The second-order valence-corrected chi connectivity index (χ2v) is 8.70. The Hall–Kier alpha value is -3.12. The van der Waals surface area contributed by atoms with Gasteiger partial charge in [-0.15, -0.1) is 11.8 Å². The predicted molar refractivity (Wildman–Crippen MR) is 121 cm³/mol. The number of fused-ring (bicyclic) bond motifs is 1. The van der Waals surface area contributed by atoms with Gasteiger partial charge in [0.1, 0.15) is 11.1 Å². The molecule has 0 radical (unpaired) electrons. The first-order valence-electron chi connectivity index (χ1n) is 10.2. The van der Waals surface area contributed by atoms with Gasteiger partial charge in [-0.25, -0.2) is 4.39 Å². The summed E-state index contributed by atoms with van der Waals surface area (Å²) < 4.78 is 14.3. The summed E-state index contributed by atoms with van der Waals surface area (Å²) >= 11 is 1.40. The maximum Gasteiger partial charge on any atom is 0.241 e. The zero-order valence-electron chi connectivity index (χ0n) is 17.1. The molecule has 0 saturated carbocycles. The van der Waals surface area contributed by atoms with Gasteiger partial charge in [-0.3, -0.25) is 9.59 Å². The first-order valence-corrected chi connectivity index (χ1v) is 11.0. The molecular weight excluding hydrogens is 411 g/mol. The monoisotopic (exact) mass is 434 g/mol. The first kappa shape index (κ1) is 21.1. The van der Waals surface area contributed by atoms with Crippen molar-refractivity contribution in [2.45, 2.75) is 30.2 Å². The number of rotatable bonds is 6. The minimum absolute atomic E-state index is 0.123. The van der Waals surface area contributed by atoms with Gasteiger partial charge in [0.2, 0.25) is 11.8 Å². The van der Waals surface area contributed by atoms with E-state index in [4.69, 9.17) is 0 Å². The number of nitrogens with zero attached hydrogens (tertiary/aromatic N) is 1. The Kier molecular flexibility index (Phi) is 6.37. The average Bonchev–Trinajstić information content (AvgIpc) is 2.80. The summed E-state index contributed by atoms with van der Waals surface area (Å²) in [4.78, 5) is 28.8. The second-order valence-electron chi connectivity index (χ2n) is 7.51. The average molecular weight is 435 g/mol. The van der Waals surface area contributed by atoms with Crippen LogP contribution in [0.5, 0.6) is 0 Å². The van der Waals surface area contributed by atoms with E-state index in [0.29, 0.717) is 12.1 Å². The van der Waals surface area contributed by atoms with Crippen LogP contribution in [0.4, 0.5) is 10.1 Å². The van der Waals surface area contributed by atoms with Crippen molar-refractivity contribution in [2.75, 3.05) is 4.90 Å². The number of carbonyl (C=O) groups is 2. The summed E-state index contributed by atoms with van der Waals surface area (Å²) in [5.74, 6) is -1.26. The van der Waals surface area contributed by atoms with Crippen molar-refractivity contribution in [1.29, 1.82) is 0 Å². The van der Waals surface area contributed by atoms with Crippen molar-refractivity contribution < 1.29 is 14.0 Å². The van der Waals surface area contributed by atoms with E-state index in [0.717, 1.165) is 16.1 Å². The van der Waals surface area contributed by atoms with Crippen molar-refractivity contribution in [1.82, 2.24) is 5.32 Å². The van der Waals surface area contributed by atoms with E-state index in [1.165, 1.54) is 17.8 Å². The SMILES string of the molecule is C[C@H](C(=O)NCc1ccccc1)[C@H]1Sc2ccccc2N(Cc2ccccc2F)C1=O. The molecule has 2 amide bonds. The van der Waals surface area contributed by atoms with Crippen molar-refractivity contribution >= 4 is 29.3 Å². The third kappa shape index (κ3) is 4.64. The lowest BCUT2D eigenvalue weighted by molar-refractivity contribution is -0.128. The van der Waals surface area contributed by atoms with Crippen LogP contribution in [0.2, 0.25) is 0 Å². The number of hydrogen-bond acceptors (Lipinski definition) is 3. The highest BCUT2D eigenvalue weighted by molar-refractivity contribution is 8.01. The smallest absolute Gasteiger partial charge is 0.241 e. The quantitative estimate of drug-likeness (QED) is 0.607. The number of para-hydroxylation sites is 1. The van der Waals surface area contributed by atoms with E-state index < -0.39 is 11.2 Å². The minimum Gasteiger partial charge on any atom is -0.352 e. The Morgan fingerprint density at radius 3 is 2.48 bits per heavy atom. The normalized spacial score (nSPS) is 16.5. The van der Waals surface area contributed by atoms with Crippen LogP contribution in [0.1, 0.15) is 18.1 Å². The molecule has 0 aliphatic carbocycles. The molecule has 4 rings (SSSR count). The maximum atomic E-state index is 14.3. The number of hydrogen-bond donors (Lipinski definition) is 1. The van der Waals surface area contributed by atoms with Crippen LogP contribution in [0.3, 0.4) is 0 Å². The van der Waals surface area contributed by atoms with Crippen LogP contribution in [0, 0.1) is 11.7 Å². The number of anilines is 1. The molecule has 1 N–H and O–H groups in total. The lowest BCUT2D eigenvalue weighted by atomic mass is 10.0. The van der Waals surface area contributed by atoms with Gasteiger partial charge in [-0.2, -0.15) is 0 Å². The largest absolute Gasteiger partial charge is 0.352 e. The number of carbonyl (C=O) groups excluding carboxylic acids is 2. The Bertz CT molecular complexity index is 1090. The van der Waals surface area contributed by atoms with E-state index in [9.17, 15) is 14.0 Å². The zero-order chi connectivity index (χ0) is 21.8. The summed E-state index contributed by atoms with van der Waals surface area (Å²) in [5, 5.41) is 2.35. The Morgan fingerprint density at radius 1 is 1.03 bits per heavy atom. The van der Waals surface area contributed by atoms with E-state index in [2.05, 4.69) is 5.32 Å². The Morgan fingerprint density at radius 2 is 1.71 bits per heavy atom. The van der Waals surface area contributed by atoms with Crippen LogP contribution in [0.15, 0.2) is 83.8 Å². The molecule has 0 bridgehead atoms. The fourth-order valence-corrected chi connectivity index (χ4v) is 4.88. The molecule has 3 aromatic rings. The van der Waals surface area contributed by atoms with Gasteiger partial charge in [-0.05, 0) is 23.8 Å². The van der Waals surface area contributed by atoms with E-state index >= 15 is 0 Å². The fourth-order valence-electron chi connectivity index (χ4n) is 3.60. The van der Waals surface area contributed by atoms with Gasteiger partial charge in [-0.1, -0.05) is 67.6 Å². The molecule has 3 aromatic carbocycles. The van der Waals surface area contributed by atoms with Gasteiger partial charge in [0.05, 0.1) is 18.2 Å². The highest BCUT2D eigenvalue weighted by atomic mass is 32.2. The molecule has 1 heterocycles. The number of amides is 2. The highest BCUT2D eigenvalue weighted by Gasteiger charge is 2.39. The minimum atomic E-state index is -0.586. The summed E-state index contributed by atoms with van der Waals surface area (Å²) in [6.07, 6.45) is 0. The summed E-state index contributed by atoms with van der Waals surface area (Å²) in [7, 11) is 0. The molecule has 0 aromatic heterocycles. The summed E-state index contributed by atoms with van der Waals surface area (Å²) in [6, 6.07) is 23.7.